The van der Waals surface area contributed by atoms with E-state index < -0.39 is 7.12 Å². The largest absolute Gasteiger partial charge is 0.489 e. The lowest BCUT2D eigenvalue weighted by Crippen LogP contribution is -2.29. The summed E-state index contributed by atoms with van der Waals surface area (Å²) in [4.78, 5) is 0. The second-order valence-corrected chi connectivity index (χ2v) is 4.95. The molecule has 106 valence electrons. The Morgan fingerprint density at radius 1 is 1.14 bits per heavy atom. The Morgan fingerprint density at radius 3 is 2.62 bits per heavy atom. The highest BCUT2D eigenvalue weighted by atomic mass is 16.5. The molecule has 0 amide bonds. The molecule has 5 nitrogen and oxygen atoms in total. The number of benzene rings is 2. The van der Waals surface area contributed by atoms with Crippen molar-refractivity contribution in [2.75, 3.05) is 0 Å². The van der Waals surface area contributed by atoms with E-state index >= 15 is 0 Å². The van der Waals surface area contributed by atoms with E-state index in [9.17, 15) is 10.0 Å². The zero-order chi connectivity index (χ0) is 14.8. The third-order valence-corrected chi connectivity index (χ3v) is 3.30. The summed E-state index contributed by atoms with van der Waals surface area (Å²) in [5.74, 6) is 0.767. The number of nitrogens with zero attached hydrogens (tertiary/aromatic N) is 2. The van der Waals surface area contributed by atoms with E-state index in [0.717, 1.165) is 22.1 Å². The molecule has 0 saturated heterocycles. The first-order valence-electron chi connectivity index (χ1n) is 6.62. The molecule has 0 spiro atoms. The van der Waals surface area contributed by atoms with Crippen LogP contribution in [-0.4, -0.2) is 26.9 Å². The Hall–Kier alpha value is -2.31. The van der Waals surface area contributed by atoms with E-state index in [1.807, 2.05) is 37.5 Å². The van der Waals surface area contributed by atoms with Gasteiger partial charge >= 0.3 is 7.12 Å². The minimum Gasteiger partial charge on any atom is -0.489 e. The molecule has 3 aromatic rings. The smallest absolute Gasteiger partial charge is 0.488 e. The average molecular weight is 282 g/mol. The topological polar surface area (TPSA) is 67.5 Å². The predicted molar refractivity (Wildman–Crippen MR) is 81.3 cm³/mol. The molecule has 0 bridgehead atoms. The molecule has 2 aromatic carbocycles. The molecule has 0 radical (unpaired) electrons. The lowest BCUT2D eigenvalue weighted by molar-refractivity contribution is 0.306. The van der Waals surface area contributed by atoms with Crippen LogP contribution in [0.15, 0.2) is 48.8 Å². The van der Waals surface area contributed by atoms with Crippen molar-refractivity contribution in [2.24, 2.45) is 7.05 Å². The summed E-state index contributed by atoms with van der Waals surface area (Å²) in [6.45, 7) is 0.465. The number of hydrogen-bond donors (Lipinski definition) is 2. The van der Waals surface area contributed by atoms with Crippen LogP contribution in [0.3, 0.4) is 0 Å². The summed E-state index contributed by atoms with van der Waals surface area (Å²) in [6.07, 6.45) is 3.69. The van der Waals surface area contributed by atoms with Crippen molar-refractivity contribution in [3.05, 3.63) is 54.4 Å². The van der Waals surface area contributed by atoms with E-state index in [-0.39, 0.29) is 0 Å². The van der Waals surface area contributed by atoms with E-state index in [2.05, 4.69) is 5.10 Å². The van der Waals surface area contributed by atoms with Gasteiger partial charge in [0.05, 0.1) is 6.20 Å². The van der Waals surface area contributed by atoms with Crippen molar-refractivity contribution in [3.8, 4) is 5.75 Å². The number of rotatable bonds is 4. The number of aryl methyl sites for hydroxylation is 1. The van der Waals surface area contributed by atoms with Crippen LogP contribution in [0.25, 0.3) is 10.8 Å². The average Bonchev–Trinajstić information content (AvgIpc) is 2.90. The van der Waals surface area contributed by atoms with Gasteiger partial charge in [0.25, 0.3) is 0 Å². The Morgan fingerprint density at radius 2 is 1.90 bits per heavy atom. The molecule has 1 heterocycles. The second kappa shape index (κ2) is 5.59. The molecule has 0 aliphatic carbocycles. The van der Waals surface area contributed by atoms with E-state index in [1.165, 1.54) is 0 Å². The summed E-state index contributed by atoms with van der Waals surface area (Å²) in [7, 11) is 0.420. The first-order valence-corrected chi connectivity index (χ1v) is 6.62. The van der Waals surface area contributed by atoms with Crippen LogP contribution < -0.4 is 10.2 Å². The fraction of sp³-hybridized carbons (Fsp3) is 0.133. The Bertz CT molecular complexity index is 770. The Kier molecular flexibility index (Phi) is 3.64. The van der Waals surface area contributed by atoms with Crippen molar-refractivity contribution < 1.29 is 14.8 Å². The van der Waals surface area contributed by atoms with Crippen LogP contribution in [0.2, 0.25) is 0 Å². The van der Waals surface area contributed by atoms with Gasteiger partial charge in [-0.25, -0.2) is 0 Å². The second-order valence-electron chi connectivity index (χ2n) is 4.95. The first-order chi connectivity index (χ1) is 10.1. The molecule has 0 unspecified atom stereocenters. The van der Waals surface area contributed by atoms with Crippen molar-refractivity contribution >= 4 is 23.4 Å². The zero-order valence-corrected chi connectivity index (χ0v) is 11.6. The van der Waals surface area contributed by atoms with Gasteiger partial charge < -0.3 is 14.8 Å². The molecule has 0 fully saturated rings. The van der Waals surface area contributed by atoms with Crippen molar-refractivity contribution in [1.82, 2.24) is 9.78 Å². The summed E-state index contributed by atoms with van der Waals surface area (Å²) >= 11 is 0. The number of fused-ring (bicyclic) bond motifs is 1. The molecule has 2 N–H and O–H groups in total. The Balaban J connectivity index is 1.79. The molecule has 1 aromatic heterocycles. The summed E-state index contributed by atoms with van der Waals surface area (Å²) in [5.41, 5.74) is 1.49. The van der Waals surface area contributed by atoms with Crippen LogP contribution >= 0.6 is 0 Å². The molecular formula is C15H15BN2O3. The molecule has 21 heavy (non-hydrogen) atoms. The zero-order valence-electron chi connectivity index (χ0n) is 11.6. The highest BCUT2D eigenvalue weighted by molar-refractivity contribution is 6.58. The third kappa shape index (κ3) is 3.07. The summed E-state index contributed by atoms with van der Waals surface area (Å²) in [6, 6.07) is 11.0. The molecule has 0 aliphatic heterocycles. The maximum absolute atomic E-state index is 9.17. The van der Waals surface area contributed by atoms with Crippen LogP contribution in [0.5, 0.6) is 5.75 Å². The molecule has 3 rings (SSSR count). The van der Waals surface area contributed by atoms with Crippen LogP contribution in [0, 0.1) is 0 Å². The highest BCUT2D eigenvalue weighted by Gasteiger charge is 2.11. The summed E-state index contributed by atoms with van der Waals surface area (Å²) < 4.78 is 7.48. The Labute approximate surface area is 122 Å². The van der Waals surface area contributed by atoms with Crippen LogP contribution in [0.4, 0.5) is 0 Å². The van der Waals surface area contributed by atoms with Gasteiger partial charge in [-0.3, -0.25) is 4.68 Å². The van der Waals surface area contributed by atoms with Crippen LogP contribution in [0.1, 0.15) is 5.56 Å². The van der Waals surface area contributed by atoms with Gasteiger partial charge in [0.2, 0.25) is 0 Å². The monoisotopic (exact) mass is 282 g/mol. The van der Waals surface area contributed by atoms with Gasteiger partial charge in [-0.15, -0.1) is 0 Å². The van der Waals surface area contributed by atoms with Crippen molar-refractivity contribution in [3.63, 3.8) is 0 Å². The normalized spacial score (nSPS) is 10.8. The lowest BCUT2D eigenvalue weighted by atomic mass is 9.79. The number of hydrogen-bond acceptors (Lipinski definition) is 4. The lowest BCUT2D eigenvalue weighted by Gasteiger charge is -2.07. The minimum absolute atomic E-state index is 0.465. The molecule has 0 saturated carbocycles. The number of aromatic nitrogens is 2. The van der Waals surface area contributed by atoms with E-state index in [0.29, 0.717) is 12.1 Å². The van der Waals surface area contributed by atoms with Gasteiger partial charge in [-0.1, -0.05) is 24.3 Å². The molecular weight excluding hydrogens is 267 g/mol. The predicted octanol–water partition coefficient (Wildman–Crippen LogP) is 0.832. The van der Waals surface area contributed by atoms with Gasteiger partial charge in [-0.2, -0.15) is 5.10 Å². The number of ether oxygens (including phenoxy) is 1. The van der Waals surface area contributed by atoms with E-state index in [4.69, 9.17) is 4.74 Å². The fourth-order valence-electron chi connectivity index (χ4n) is 2.21. The molecule has 0 aliphatic rings. The SMILES string of the molecule is Cn1cc(COc2ccc3cc(B(O)O)ccc3c2)cn1. The molecule has 0 atom stereocenters. The maximum Gasteiger partial charge on any atom is 0.488 e. The van der Waals surface area contributed by atoms with E-state index in [1.54, 1.807) is 23.0 Å². The fourth-order valence-corrected chi connectivity index (χ4v) is 2.21. The summed E-state index contributed by atoms with van der Waals surface area (Å²) in [5, 5.41) is 24.4. The van der Waals surface area contributed by atoms with Gasteiger partial charge in [0, 0.05) is 18.8 Å². The highest BCUT2D eigenvalue weighted by Crippen LogP contribution is 2.21. The van der Waals surface area contributed by atoms with Crippen LogP contribution in [-0.2, 0) is 13.7 Å². The van der Waals surface area contributed by atoms with Gasteiger partial charge in [0.1, 0.15) is 12.4 Å². The first kappa shape index (κ1) is 13.7. The third-order valence-electron chi connectivity index (χ3n) is 3.30. The maximum atomic E-state index is 9.17. The van der Waals surface area contributed by atoms with Crippen molar-refractivity contribution in [1.29, 1.82) is 0 Å². The van der Waals surface area contributed by atoms with Gasteiger partial charge in [-0.05, 0) is 28.4 Å². The minimum atomic E-state index is -1.45. The van der Waals surface area contributed by atoms with Gasteiger partial charge in [0.15, 0.2) is 0 Å². The van der Waals surface area contributed by atoms with Crippen molar-refractivity contribution in [2.45, 2.75) is 6.61 Å². The molecule has 6 heteroatoms. The quantitative estimate of drug-likeness (QED) is 0.696. The standard InChI is InChI=1S/C15H15BN2O3/c1-18-9-11(8-17-18)10-21-15-5-3-12-6-14(16(19)20)4-2-13(12)7-15/h2-9,19-20H,10H2,1H3.